The van der Waals surface area contributed by atoms with E-state index in [1.807, 2.05) is 11.6 Å². The van der Waals surface area contributed by atoms with Gasteiger partial charge in [-0.25, -0.2) is 9.37 Å². The number of nitrogens with one attached hydrogen (secondary N) is 1. The number of fused-ring (bicyclic) bond motifs is 2. The van der Waals surface area contributed by atoms with Gasteiger partial charge in [0.2, 0.25) is 0 Å². The van der Waals surface area contributed by atoms with Crippen LogP contribution in [-0.4, -0.2) is 16.1 Å². The van der Waals surface area contributed by atoms with Crippen LogP contribution in [0.2, 0.25) is 0 Å². The molecule has 2 aromatic carbocycles. The van der Waals surface area contributed by atoms with Crippen molar-refractivity contribution < 1.29 is 4.39 Å². The molecule has 0 amide bonds. The van der Waals surface area contributed by atoms with E-state index in [9.17, 15) is 4.39 Å². The summed E-state index contributed by atoms with van der Waals surface area (Å²) in [4.78, 5) is 4.59. The maximum absolute atomic E-state index is 13.3. The highest BCUT2D eigenvalue weighted by molar-refractivity contribution is 5.81. The minimum absolute atomic E-state index is 0.248. The maximum atomic E-state index is 13.3. The summed E-state index contributed by atoms with van der Waals surface area (Å²) in [6.45, 7) is 1.04. The molecule has 0 bridgehead atoms. The van der Waals surface area contributed by atoms with Crippen LogP contribution in [0.15, 0.2) is 36.4 Å². The largest absolute Gasteiger partial charge is 0.385 e. The molecule has 0 atom stereocenters. The normalized spacial score (nSPS) is 14.0. The minimum Gasteiger partial charge on any atom is -0.385 e. The summed E-state index contributed by atoms with van der Waals surface area (Å²) >= 11 is 0. The predicted octanol–water partition coefficient (Wildman–Crippen LogP) is 3.74. The molecule has 3 nitrogen and oxygen atoms in total. The SMILES string of the molecule is Cn1c(-c2ccc3c(c2)CCCN3)nc2cc(F)ccc21. The summed E-state index contributed by atoms with van der Waals surface area (Å²) in [5, 5.41) is 3.41. The number of nitrogens with zero attached hydrogens (tertiary/aromatic N) is 2. The molecule has 3 aromatic rings. The number of aryl methyl sites for hydroxylation is 2. The Morgan fingerprint density at radius 1 is 1.19 bits per heavy atom. The zero-order valence-electron chi connectivity index (χ0n) is 11.9. The molecule has 4 rings (SSSR count). The summed E-state index contributed by atoms with van der Waals surface area (Å²) in [5.41, 5.74) is 5.27. The second kappa shape index (κ2) is 4.58. The van der Waals surface area contributed by atoms with E-state index in [0.717, 1.165) is 36.3 Å². The number of aromatic nitrogens is 2. The highest BCUT2D eigenvalue weighted by Gasteiger charge is 2.14. The third-order valence-electron chi connectivity index (χ3n) is 4.14. The van der Waals surface area contributed by atoms with Gasteiger partial charge < -0.3 is 9.88 Å². The Balaban J connectivity index is 1.88. The van der Waals surface area contributed by atoms with Gasteiger partial charge in [-0.15, -0.1) is 0 Å². The standard InChI is InChI=1S/C17H16FN3/c1-21-16-7-5-13(18)10-15(16)20-17(21)12-4-6-14-11(9-12)3-2-8-19-14/h4-7,9-10,19H,2-3,8H2,1H3. The van der Waals surface area contributed by atoms with Gasteiger partial charge in [-0.1, -0.05) is 0 Å². The van der Waals surface area contributed by atoms with E-state index in [-0.39, 0.29) is 5.82 Å². The Morgan fingerprint density at radius 2 is 2.10 bits per heavy atom. The number of anilines is 1. The molecule has 0 aliphatic carbocycles. The van der Waals surface area contributed by atoms with Crippen molar-refractivity contribution in [3.8, 4) is 11.4 Å². The molecule has 1 aromatic heterocycles. The molecule has 106 valence electrons. The molecular weight excluding hydrogens is 265 g/mol. The van der Waals surface area contributed by atoms with Gasteiger partial charge in [0.15, 0.2) is 0 Å². The van der Waals surface area contributed by atoms with Crippen molar-refractivity contribution in [2.75, 3.05) is 11.9 Å². The molecule has 4 heteroatoms. The van der Waals surface area contributed by atoms with E-state index in [2.05, 4.69) is 28.5 Å². The number of imidazole rings is 1. The van der Waals surface area contributed by atoms with Crippen molar-refractivity contribution in [1.29, 1.82) is 0 Å². The average molecular weight is 281 g/mol. The van der Waals surface area contributed by atoms with Gasteiger partial charge in [0.1, 0.15) is 11.6 Å². The van der Waals surface area contributed by atoms with Crippen molar-refractivity contribution in [1.82, 2.24) is 9.55 Å². The van der Waals surface area contributed by atoms with Crippen LogP contribution in [0.25, 0.3) is 22.4 Å². The van der Waals surface area contributed by atoms with Gasteiger partial charge in [-0.2, -0.15) is 0 Å². The molecule has 1 aliphatic heterocycles. The molecule has 0 saturated carbocycles. The summed E-state index contributed by atoms with van der Waals surface area (Å²) in [5.74, 6) is 0.630. The van der Waals surface area contributed by atoms with E-state index in [1.165, 1.54) is 23.4 Å². The zero-order chi connectivity index (χ0) is 14.4. The van der Waals surface area contributed by atoms with Gasteiger partial charge in [0.05, 0.1) is 11.0 Å². The summed E-state index contributed by atoms with van der Waals surface area (Å²) in [7, 11) is 1.97. The van der Waals surface area contributed by atoms with Crippen LogP contribution in [0.1, 0.15) is 12.0 Å². The zero-order valence-corrected chi connectivity index (χ0v) is 11.9. The number of halogens is 1. The van der Waals surface area contributed by atoms with E-state index < -0.39 is 0 Å². The van der Waals surface area contributed by atoms with Crippen molar-refractivity contribution in [2.24, 2.45) is 7.05 Å². The average Bonchev–Trinajstić information content (AvgIpc) is 2.83. The molecular formula is C17H16FN3. The van der Waals surface area contributed by atoms with Crippen LogP contribution in [0.3, 0.4) is 0 Å². The van der Waals surface area contributed by atoms with Crippen molar-refractivity contribution >= 4 is 16.7 Å². The van der Waals surface area contributed by atoms with Crippen LogP contribution < -0.4 is 5.32 Å². The second-order valence-electron chi connectivity index (χ2n) is 5.53. The lowest BCUT2D eigenvalue weighted by atomic mass is 10.0. The van der Waals surface area contributed by atoms with E-state index in [4.69, 9.17) is 0 Å². The highest BCUT2D eigenvalue weighted by atomic mass is 19.1. The fourth-order valence-corrected chi connectivity index (χ4v) is 3.05. The highest BCUT2D eigenvalue weighted by Crippen LogP contribution is 2.29. The molecule has 0 radical (unpaired) electrons. The van der Waals surface area contributed by atoms with Crippen LogP contribution >= 0.6 is 0 Å². The Morgan fingerprint density at radius 3 is 3.00 bits per heavy atom. The van der Waals surface area contributed by atoms with E-state index in [0.29, 0.717) is 5.52 Å². The van der Waals surface area contributed by atoms with Crippen molar-refractivity contribution in [2.45, 2.75) is 12.8 Å². The van der Waals surface area contributed by atoms with Gasteiger partial charge >= 0.3 is 0 Å². The first-order chi connectivity index (χ1) is 10.2. The Labute approximate surface area is 122 Å². The van der Waals surface area contributed by atoms with Crippen LogP contribution in [-0.2, 0) is 13.5 Å². The van der Waals surface area contributed by atoms with Crippen LogP contribution in [0.5, 0.6) is 0 Å². The van der Waals surface area contributed by atoms with Gasteiger partial charge in [-0.05, 0) is 48.7 Å². The Hall–Kier alpha value is -2.36. The van der Waals surface area contributed by atoms with Gasteiger partial charge in [0.25, 0.3) is 0 Å². The number of benzene rings is 2. The predicted molar refractivity (Wildman–Crippen MR) is 82.9 cm³/mol. The van der Waals surface area contributed by atoms with Gasteiger partial charge in [0, 0.05) is 30.9 Å². The Bertz CT molecular complexity index is 835. The van der Waals surface area contributed by atoms with Crippen molar-refractivity contribution in [3.63, 3.8) is 0 Å². The monoisotopic (exact) mass is 281 g/mol. The van der Waals surface area contributed by atoms with Crippen LogP contribution in [0.4, 0.5) is 10.1 Å². The molecule has 0 spiro atoms. The smallest absolute Gasteiger partial charge is 0.140 e. The molecule has 1 aliphatic rings. The third-order valence-corrected chi connectivity index (χ3v) is 4.14. The van der Waals surface area contributed by atoms with Crippen molar-refractivity contribution in [3.05, 3.63) is 47.8 Å². The lowest BCUT2D eigenvalue weighted by Crippen LogP contribution is -2.11. The second-order valence-corrected chi connectivity index (χ2v) is 5.53. The lowest BCUT2D eigenvalue weighted by molar-refractivity contribution is 0.629. The topological polar surface area (TPSA) is 29.9 Å². The minimum atomic E-state index is -0.248. The first-order valence-corrected chi connectivity index (χ1v) is 7.21. The molecule has 0 fully saturated rings. The van der Waals surface area contributed by atoms with E-state index in [1.54, 1.807) is 6.07 Å². The number of rotatable bonds is 1. The first-order valence-electron chi connectivity index (χ1n) is 7.21. The molecule has 2 heterocycles. The number of hydrogen-bond acceptors (Lipinski definition) is 2. The summed E-state index contributed by atoms with van der Waals surface area (Å²) in [6, 6.07) is 11.1. The quantitative estimate of drug-likeness (QED) is 0.736. The molecule has 0 saturated heterocycles. The summed E-state index contributed by atoms with van der Waals surface area (Å²) in [6.07, 6.45) is 2.25. The molecule has 0 unspecified atom stereocenters. The first kappa shape index (κ1) is 12.4. The third kappa shape index (κ3) is 1.98. The molecule has 1 N–H and O–H groups in total. The van der Waals surface area contributed by atoms with Gasteiger partial charge in [-0.3, -0.25) is 0 Å². The van der Waals surface area contributed by atoms with E-state index >= 15 is 0 Å². The molecule has 21 heavy (non-hydrogen) atoms. The fraction of sp³-hybridized carbons (Fsp3) is 0.235. The summed E-state index contributed by atoms with van der Waals surface area (Å²) < 4.78 is 15.4. The Kier molecular flexibility index (Phi) is 2.70. The number of hydrogen-bond donors (Lipinski definition) is 1. The lowest BCUT2D eigenvalue weighted by Gasteiger charge is -2.18. The van der Waals surface area contributed by atoms with Crippen LogP contribution in [0, 0.1) is 5.82 Å². The maximum Gasteiger partial charge on any atom is 0.140 e. The fourth-order valence-electron chi connectivity index (χ4n) is 3.05.